The summed E-state index contributed by atoms with van der Waals surface area (Å²) in [7, 11) is 0. The Morgan fingerprint density at radius 1 is 1.00 bits per heavy atom. The van der Waals surface area contributed by atoms with Crippen molar-refractivity contribution in [2.24, 2.45) is 5.92 Å². The average molecular weight is 322 g/mol. The molecule has 0 radical (unpaired) electrons. The van der Waals surface area contributed by atoms with Crippen molar-refractivity contribution in [2.45, 2.75) is 25.5 Å². The maximum absolute atomic E-state index is 6.04. The quantitative estimate of drug-likeness (QED) is 0.879. The first-order valence-electron chi connectivity index (χ1n) is 9.11. The van der Waals surface area contributed by atoms with Crippen LogP contribution in [0.2, 0.25) is 0 Å². The second-order valence-electron chi connectivity index (χ2n) is 6.91. The van der Waals surface area contributed by atoms with Crippen LogP contribution in [0.5, 0.6) is 5.75 Å². The lowest BCUT2D eigenvalue weighted by Crippen LogP contribution is -2.45. The summed E-state index contributed by atoms with van der Waals surface area (Å²) in [4.78, 5) is 2.66. The molecule has 0 bridgehead atoms. The third-order valence-corrected chi connectivity index (χ3v) is 5.06. The van der Waals surface area contributed by atoms with Gasteiger partial charge in [-0.15, -0.1) is 0 Å². The molecule has 2 aliphatic rings. The Morgan fingerprint density at radius 3 is 2.54 bits per heavy atom. The lowest BCUT2D eigenvalue weighted by atomic mass is 9.99. The minimum Gasteiger partial charge on any atom is -0.489 e. The summed E-state index contributed by atoms with van der Waals surface area (Å²) in [5, 5.41) is 3.46. The number of rotatable bonds is 6. The normalized spacial score (nSPS) is 19.8. The molecule has 1 heterocycles. The Kier molecular flexibility index (Phi) is 4.81. The van der Waals surface area contributed by atoms with Crippen LogP contribution in [0.25, 0.3) is 0 Å². The molecule has 3 heteroatoms. The van der Waals surface area contributed by atoms with E-state index < -0.39 is 0 Å². The van der Waals surface area contributed by atoms with Crippen LogP contribution >= 0.6 is 0 Å². The van der Waals surface area contributed by atoms with E-state index in [9.17, 15) is 0 Å². The summed E-state index contributed by atoms with van der Waals surface area (Å²) in [5.74, 6) is 1.81. The summed E-state index contributed by atoms with van der Waals surface area (Å²) < 4.78 is 6.04. The Bertz CT molecular complexity index is 648. The minimum absolute atomic E-state index is 0.562. The highest BCUT2D eigenvalue weighted by molar-refractivity contribution is 5.32. The molecule has 1 atom stereocenters. The molecular formula is C21H26N2O. The maximum atomic E-state index is 6.04. The number of hydrogen-bond acceptors (Lipinski definition) is 3. The Hall–Kier alpha value is -1.84. The molecule has 126 valence electrons. The van der Waals surface area contributed by atoms with Crippen LogP contribution in [0.3, 0.4) is 0 Å². The van der Waals surface area contributed by atoms with E-state index in [1.165, 1.54) is 24.0 Å². The molecule has 0 spiro atoms. The molecular weight excluding hydrogens is 296 g/mol. The predicted octanol–water partition coefficient (Wildman–Crippen LogP) is 3.62. The van der Waals surface area contributed by atoms with E-state index in [1.807, 2.05) is 6.07 Å². The van der Waals surface area contributed by atoms with Gasteiger partial charge in [0.05, 0.1) is 0 Å². The second-order valence-corrected chi connectivity index (χ2v) is 6.91. The fourth-order valence-electron chi connectivity index (χ4n) is 3.68. The third-order valence-electron chi connectivity index (χ3n) is 5.06. The zero-order valence-corrected chi connectivity index (χ0v) is 14.2. The van der Waals surface area contributed by atoms with Crippen LogP contribution in [-0.2, 0) is 6.61 Å². The standard InChI is InChI=1S/C21H26N2O/c1-2-5-17(6-3-1)16-24-20-8-4-7-19(15-20)21(18-9-10-18)23-13-11-22-12-14-23/h1-8,15,18,21-22H,9-14,16H2/t21-/m0/s1. The maximum Gasteiger partial charge on any atom is 0.120 e. The van der Waals surface area contributed by atoms with Crippen molar-refractivity contribution in [2.75, 3.05) is 26.2 Å². The highest BCUT2D eigenvalue weighted by Gasteiger charge is 2.36. The molecule has 2 fully saturated rings. The molecule has 0 aromatic heterocycles. The number of hydrogen-bond donors (Lipinski definition) is 1. The minimum atomic E-state index is 0.562. The van der Waals surface area contributed by atoms with Gasteiger partial charge in [0.2, 0.25) is 0 Å². The number of nitrogens with zero attached hydrogens (tertiary/aromatic N) is 1. The van der Waals surface area contributed by atoms with Gasteiger partial charge in [0.25, 0.3) is 0 Å². The van der Waals surface area contributed by atoms with Gasteiger partial charge in [-0.3, -0.25) is 4.90 Å². The SMILES string of the molecule is c1ccc(COc2cccc([C@H](C3CC3)N3CCNCC3)c2)cc1. The van der Waals surface area contributed by atoms with Crippen molar-refractivity contribution in [3.63, 3.8) is 0 Å². The van der Waals surface area contributed by atoms with Crippen molar-refractivity contribution in [1.82, 2.24) is 10.2 Å². The Morgan fingerprint density at radius 2 is 1.79 bits per heavy atom. The summed E-state index contributed by atoms with van der Waals surface area (Å²) >= 11 is 0. The van der Waals surface area contributed by atoms with Gasteiger partial charge in [-0.2, -0.15) is 0 Å². The van der Waals surface area contributed by atoms with E-state index in [-0.39, 0.29) is 0 Å². The Labute approximate surface area is 144 Å². The zero-order chi connectivity index (χ0) is 16.2. The molecule has 1 aliphatic heterocycles. The summed E-state index contributed by atoms with van der Waals surface area (Å²) in [6, 6.07) is 19.7. The molecule has 1 aliphatic carbocycles. The average Bonchev–Trinajstić information content (AvgIpc) is 3.47. The molecule has 0 amide bonds. The molecule has 1 saturated heterocycles. The molecule has 4 rings (SSSR count). The van der Waals surface area contributed by atoms with Crippen molar-refractivity contribution < 1.29 is 4.74 Å². The van der Waals surface area contributed by atoms with Gasteiger partial charge >= 0.3 is 0 Å². The number of nitrogens with one attached hydrogen (secondary N) is 1. The van der Waals surface area contributed by atoms with E-state index >= 15 is 0 Å². The van der Waals surface area contributed by atoms with E-state index in [4.69, 9.17) is 4.74 Å². The van der Waals surface area contributed by atoms with Gasteiger partial charge in [0, 0.05) is 32.2 Å². The first-order chi connectivity index (χ1) is 11.9. The first-order valence-corrected chi connectivity index (χ1v) is 9.11. The van der Waals surface area contributed by atoms with Crippen molar-refractivity contribution >= 4 is 0 Å². The van der Waals surface area contributed by atoms with Gasteiger partial charge in [-0.1, -0.05) is 42.5 Å². The van der Waals surface area contributed by atoms with Crippen molar-refractivity contribution in [3.8, 4) is 5.75 Å². The van der Waals surface area contributed by atoms with E-state index in [0.717, 1.165) is 37.8 Å². The number of piperazine rings is 1. The van der Waals surface area contributed by atoms with Gasteiger partial charge in [-0.05, 0) is 42.0 Å². The fraction of sp³-hybridized carbons (Fsp3) is 0.429. The predicted molar refractivity (Wildman–Crippen MR) is 97.1 cm³/mol. The molecule has 2 aromatic rings. The molecule has 1 N–H and O–H groups in total. The lowest BCUT2D eigenvalue weighted by Gasteiger charge is -2.35. The molecule has 24 heavy (non-hydrogen) atoms. The first kappa shape index (κ1) is 15.7. The van der Waals surface area contributed by atoms with Crippen LogP contribution < -0.4 is 10.1 Å². The smallest absolute Gasteiger partial charge is 0.120 e. The van der Waals surface area contributed by atoms with Crippen LogP contribution in [0.4, 0.5) is 0 Å². The summed E-state index contributed by atoms with van der Waals surface area (Å²) in [6.45, 7) is 5.14. The number of ether oxygens (including phenoxy) is 1. The van der Waals surface area contributed by atoms with Gasteiger partial charge in [-0.25, -0.2) is 0 Å². The van der Waals surface area contributed by atoms with Gasteiger partial charge in [0.1, 0.15) is 12.4 Å². The zero-order valence-electron chi connectivity index (χ0n) is 14.2. The van der Waals surface area contributed by atoms with Crippen LogP contribution in [0.15, 0.2) is 54.6 Å². The third kappa shape index (κ3) is 3.80. The van der Waals surface area contributed by atoms with Crippen molar-refractivity contribution in [1.29, 1.82) is 0 Å². The van der Waals surface area contributed by atoms with E-state index in [2.05, 4.69) is 58.7 Å². The fourth-order valence-corrected chi connectivity index (χ4v) is 3.68. The number of benzene rings is 2. The lowest BCUT2D eigenvalue weighted by molar-refractivity contribution is 0.156. The largest absolute Gasteiger partial charge is 0.489 e. The van der Waals surface area contributed by atoms with Crippen LogP contribution in [-0.4, -0.2) is 31.1 Å². The summed E-state index contributed by atoms with van der Waals surface area (Å²) in [5.41, 5.74) is 2.63. The monoisotopic (exact) mass is 322 g/mol. The van der Waals surface area contributed by atoms with Crippen molar-refractivity contribution in [3.05, 3.63) is 65.7 Å². The Balaban J connectivity index is 1.48. The highest BCUT2D eigenvalue weighted by Crippen LogP contribution is 2.45. The summed E-state index contributed by atoms with van der Waals surface area (Å²) in [6.07, 6.45) is 2.73. The highest BCUT2D eigenvalue weighted by atomic mass is 16.5. The van der Waals surface area contributed by atoms with Gasteiger partial charge in [0.15, 0.2) is 0 Å². The molecule has 1 saturated carbocycles. The molecule has 0 unspecified atom stereocenters. The van der Waals surface area contributed by atoms with Gasteiger partial charge < -0.3 is 10.1 Å². The second kappa shape index (κ2) is 7.37. The van der Waals surface area contributed by atoms with Crippen LogP contribution in [0, 0.1) is 5.92 Å². The van der Waals surface area contributed by atoms with E-state index in [0.29, 0.717) is 12.6 Å². The molecule has 2 aromatic carbocycles. The molecule has 3 nitrogen and oxygen atoms in total. The topological polar surface area (TPSA) is 24.5 Å². The van der Waals surface area contributed by atoms with E-state index in [1.54, 1.807) is 0 Å². The van der Waals surface area contributed by atoms with Crippen LogP contribution in [0.1, 0.15) is 30.0 Å².